The Morgan fingerprint density at radius 1 is 1.18 bits per heavy atom. The molecule has 0 unspecified atom stereocenters. The Kier molecular flexibility index (Phi) is 5.63. The average Bonchev–Trinajstić information content (AvgIpc) is 3.35. The predicted octanol–water partition coefficient (Wildman–Crippen LogP) is 1.97. The van der Waals surface area contributed by atoms with Gasteiger partial charge in [0.25, 0.3) is 0 Å². The van der Waals surface area contributed by atoms with Crippen molar-refractivity contribution in [2.75, 3.05) is 29.5 Å². The predicted molar refractivity (Wildman–Crippen MR) is 109 cm³/mol. The fourth-order valence-electron chi connectivity index (χ4n) is 3.99. The number of piperidine rings is 1. The third-order valence-corrected chi connectivity index (χ3v) is 8.13. The third-order valence-electron chi connectivity index (χ3n) is 5.52. The number of rotatable bonds is 5. The van der Waals surface area contributed by atoms with E-state index in [4.69, 9.17) is 0 Å². The van der Waals surface area contributed by atoms with Crippen molar-refractivity contribution in [2.24, 2.45) is 5.92 Å². The Morgan fingerprint density at radius 3 is 2.54 bits per heavy atom. The lowest BCUT2D eigenvalue weighted by Crippen LogP contribution is -2.47. The van der Waals surface area contributed by atoms with E-state index in [1.807, 2.05) is 22.4 Å². The first-order valence-electron chi connectivity index (χ1n) is 9.57. The van der Waals surface area contributed by atoms with Crippen molar-refractivity contribution in [2.45, 2.75) is 31.8 Å². The summed E-state index contributed by atoms with van der Waals surface area (Å²) in [6.07, 6.45) is 5.46. The monoisotopic (exact) mass is 420 g/mol. The third kappa shape index (κ3) is 4.35. The van der Waals surface area contributed by atoms with Crippen LogP contribution in [0.2, 0.25) is 0 Å². The maximum atomic E-state index is 13.4. The molecule has 2 aliphatic heterocycles. The van der Waals surface area contributed by atoms with Crippen molar-refractivity contribution in [1.29, 1.82) is 0 Å². The lowest BCUT2D eigenvalue weighted by atomic mass is 9.94. The molecule has 4 heterocycles. The molecule has 2 fully saturated rings. The molecule has 0 bridgehead atoms. The van der Waals surface area contributed by atoms with Gasteiger partial charge >= 0.3 is 0 Å². The minimum Gasteiger partial charge on any atom is -0.341 e. The number of carbonyl (C=O) groups is 1. The molecule has 150 valence electrons. The summed E-state index contributed by atoms with van der Waals surface area (Å²) in [5, 5.41) is 1.99. The van der Waals surface area contributed by atoms with Gasteiger partial charge in [-0.1, -0.05) is 6.07 Å². The molecule has 2 aliphatic rings. The molecule has 7 nitrogen and oxygen atoms in total. The van der Waals surface area contributed by atoms with Crippen LogP contribution >= 0.6 is 11.3 Å². The molecule has 0 saturated carbocycles. The van der Waals surface area contributed by atoms with E-state index in [1.54, 1.807) is 29.8 Å². The number of carbonyl (C=O) groups excluding carboxylic acids is 1. The highest BCUT2D eigenvalue weighted by Gasteiger charge is 2.38. The molecule has 28 heavy (non-hydrogen) atoms. The van der Waals surface area contributed by atoms with E-state index in [-0.39, 0.29) is 29.4 Å². The Balaban J connectivity index is 1.45. The summed E-state index contributed by atoms with van der Waals surface area (Å²) < 4.78 is 24.0. The Labute approximate surface area is 169 Å². The molecule has 0 aromatic carbocycles. The molecule has 1 amide bonds. The van der Waals surface area contributed by atoms with Crippen molar-refractivity contribution in [3.05, 3.63) is 40.8 Å². The number of hydrogen-bond acceptors (Lipinski definition) is 7. The van der Waals surface area contributed by atoms with Gasteiger partial charge in [0.15, 0.2) is 9.84 Å². The molecule has 4 rings (SSSR count). The van der Waals surface area contributed by atoms with Gasteiger partial charge in [-0.05, 0) is 36.8 Å². The molecule has 1 atom stereocenters. The SMILES string of the molecule is O=C(C1CCN(c2ncccn2)CC1)N(Cc1cccs1)[C@@H]1CCS(=O)(=O)C1. The smallest absolute Gasteiger partial charge is 0.226 e. The van der Waals surface area contributed by atoms with Gasteiger partial charge < -0.3 is 9.80 Å². The second-order valence-electron chi connectivity index (χ2n) is 7.41. The summed E-state index contributed by atoms with van der Waals surface area (Å²) in [7, 11) is -3.04. The quantitative estimate of drug-likeness (QED) is 0.735. The first-order chi connectivity index (χ1) is 13.5. The van der Waals surface area contributed by atoms with E-state index in [9.17, 15) is 13.2 Å². The lowest BCUT2D eigenvalue weighted by molar-refractivity contribution is -0.138. The Bertz CT molecular complexity index is 895. The minimum atomic E-state index is -3.04. The van der Waals surface area contributed by atoms with Gasteiger partial charge in [-0.3, -0.25) is 4.79 Å². The number of amides is 1. The molecule has 0 aliphatic carbocycles. The molecule has 0 spiro atoms. The van der Waals surface area contributed by atoms with Crippen LogP contribution in [0.5, 0.6) is 0 Å². The van der Waals surface area contributed by atoms with Gasteiger partial charge in [-0.2, -0.15) is 0 Å². The second kappa shape index (κ2) is 8.16. The fourth-order valence-corrected chi connectivity index (χ4v) is 6.43. The first kappa shape index (κ1) is 19.3. The van der Waals surface area contributed by atoms with Crippen LogP contribution in [0.3, 0.4) is 0 Å². The molecule has 2 aromatic heterocycles. The van der Waals surface area contributed by atoms with Crippen LogP contribution in [0, 0.1) is 5.92 Å². The van der Waals surface area contributed by atoms with Crippen LogP contribution in [-0.2, 0) is 21.2 Å². The largest absolute Gasteiger partial charge is 0.341 e. The fraction of sp³-hybridized carbons (Fsp3) is 0.526. The Hall–Kier alpha value is -2.00. The van der Waals surface area contributed by atoms with Crippen molar-refractivity contribution < 1.29 is 13.2 Å². The summed E-state index contributed by atoms with van der Waals surface area (Å²) in [5.74, 6) is 0.967. The van der Waals surface area contributed by atoms with Crippen molar-refractivity contribution >= 4 is 33.0 Å². The number of nitrogens with zero attached hydrogens (tertiary/aromatic N) is 4. The van der Waals surface area contributed by atoms with Gasteiger partial charge in [0.2, 0.25) is 11.9 Å². The van der Waals surface area contributed by atoms with Crippen molar-refractivity contribution in [1.82, 2.24) is 14.9 Å². The highest BCUT2D eigenvalue weighted by Crippen LogP contribution is 2.28. The Morgan fingerprint density at radius 2 is 1.93 bits per heavy atom. The number of anilines is 1. The summed E-state index contributed by atoms with van der Waals surface area (Å²) in [4.78, 5) is 27.0. The zero-order valence-electron chi connectivity index (χ0n) is 15.6. The zero-order chi connectivity index (χ0) is 19.6. The van der Waals surface area contributed by atoms with E-state index >= 15 is 0 Å². The highest BCUT2D eigenvalue weighted by molar-refractivity contribution is 7.91. The average molecular weight is 421 g/mol. The summed E-state index contributed by atoms with van der Waals surface area (Å²) in [5.41, 5.74) is 0. The standard InChI is InChI=1S/C19H24N4O3S2/c24-18(15-4-9-22(10-5-15)19-20-7-2-8-21-19)23(13-17-3-1-11-27-17)16-6-12-28(25,26)14-16/h1-3,7-8,11,15-16H,4-6,9-10,12-14H2/t16-/m1/s1. The lowest BCUT2D eigenvalue weighted by Gasteiger charge is -2.36. The second-order valence-corrected chi connectivity index (χ2v) is 10.7. The van der Waals surface area contributed by atoms with E-state index in [0.29, 0.717) is 18.9 Å². The molecule has 2 saturated heterocycles. The molecule has 2 aromatic rings. The number of thiophene rings is 1. The maximum Gasteiger partial charge on any atom is 0.226 e. The van der Waals surface area contributed by atoms with Gasteiger partial charge in [0.1, 0.15) is 0 Å². The summed E-state index contributed by atoms with van der Waals surface area (Å²) >= 11 is 1.60. The molecular formula is C19H24N4O3S2. The summed E-state index contributed by atoms with van der Waals surface area (Å²) in [6, 6.07) is 5.55. The van der Waals surface area contributed by atoms with Gasteiger partial charge in [-0.15, -0.1) is 11.3 Å². The van der Waals surface area contributed by atoms with E-state index < -0.39 is 9.84 Å². The van der Waals surface area contributed by atoms with Crippen molar-refractivity contribution in [3.8, 4) is 0 Å². The molecule has 9 heteroatoms. The molecular weight excluding hydrogens is 396 g/mol. The van der Waals surface area contributed by atoms with Gasteiger partial charge in [0.05, 0.1) is 18.1 Å². The van der Waals surface area contributed by atoms with Crippen LogP contribution in [0.25, 0.3) is 0 Å². The topological polar surface area (TPSA) is 83.5 Å². The minimum absolute atomic E-state index is 0.0803. The molecule has 0 radical (unpaired) electrons. The molecule has 0 N–H and O–H groups in total. The zero-order valence-corrected chi connectivity index (χ0v) is 17.2. The normalized spacial score (nSPS) is 22.3. The van der Waals surface area contributed by atoms with Crippen LogP contribution in [0.4, 0.5) is 5.95 Å². The number of hydrogen-bond donors (Lipinski definition) is 0. The number of aromatic nitrogens is 2. The van der Waals surface area contributed by atoms with Gasteiger partial charge in [-0.25, -0.2) is 18.4 Å². The van der Waals surface area contributed by atoms with Crippen LogP contribution in [0.15, 0.2) is 36.0 Å². The highest BCUT2D eigenvalue weighted by atomic mass is 32.2. The number of sulfone groups is 1. The van der Waals surface area contributed by atoms with E-state index in [0.717, 1.165) is 30.8 Å². The first-order valence-corrected chi connectivity index (χ1v) is 12.3. The van der Waals surface area contributed by atoms with Crippen LogP contribution < -0.4 is 4.90 Å². The van der Waals surface area contributed by atoms with Crippen LogP contribution in [0.1, 0.15) is 24.1 Å². The van der Waals surface area contributed by atoms with Gasteiger partial charge in [0, 0.05) is 42.3 Å². The van der Waals surface area contributed by atoms with Crippen molar-refractivity contribution in [3.63, 3.8) is 0 Å². The maximum absolute atomic E-state index is 13.4. The van der Waals surface area contributed by atoms with Crippen LogP contribution in [-0.4, -0.2) is 59.8 Å². The summed E-state index contributed by atoms with van der Waals surface area (Å²) in [6.45, 7) is 1.96. The van der Waals surface area contributed by atoms with E-state index in [2.05, 4.69) is 14.9 Å². The van der Waals surface area contributed by atoms with E-state index in [1.165, 1.54) is 0 Å².